The summed E-state index contributed by atoms with van der Waals surface area (Å²) in [4.78, 5) is 0. The molecule has 0 radical (unpaired) electrons. The first kappa shape index (κ1) is 13.9. The van der Waals surface area contributed by atoms with Crippen molar-refractivity contribution in [1.29, 1.82) is 0 Å². The number of hydrogen-bond acceptors (Lipinski definition) is 1. The van der Waals surface area contributed by atoms with E-state index >= 15 is 0 Å². The largest absolute Gasteiger partial charge is 0.493 e. The molecule has 0 fully saturated rings. The molecule has 2 aromatic carbocycles. The van der Waals surface area contributed by atoms with Gasteiger partial charge in [0, 0.05) is 16.5 Å². The van der Waals surface area contributed by atoms with Crippen LogP contribution in [0.2, 0.25) is 0 Å². The summed E-state index contributed by atoms with van der Waals surface area (Å²) in [6.45, 7) is 0.697. The van der Waals surface area contributed by atoms with Crippen LogP contribution in [0.1, 0.15) is 22.1 Å². The van der Waals surface area contributed by atoms with E-state index in [2.05, 4.69) is 22.0 Å². The van der Waals surface area contributed by atoms with Gasteiger partial charge in [-0.05, 0) is 41.8 Å². The molecule has 0 saturated carbocycles. The Balaban J connectivity index is 1.89. The van der Waals surface area contributed by atoms with Crippen LogP contribution in [0.3, 0.4) is 0 Å². The highest BCUT2D eigenvalue weighted by atomic mass is 79.9. The summed E-state index contributed by atoms with van der Waals surface area (Å²) >= 11 is 10.0. The maximum absolute atomic E-state index is 13.2. The van der Waals surface area contributed by atoms with E-state index in [0.717, 1.165) is 27.8 Å². The van der Waals surface area contributed by atoms with Gasteiger partial charge in [-0.2, -0.15) is 0 Å². The molecule has 0 aromatic heterocycles. The summed E-state index contributed by atoms with van der Waals surface area (Å²) in [7, 11) is 0. The Labute approximate surface area is 130 Å². The standard InChI is InChI=1S/C16H13BrClFO/c17-12-8-11-4-5-20-16(11)14(9-12)15(18)7-10-2-1-3-13(19)6-10/h1-3,6,8-9,15H,4-5,7H2. The van der Waals surface area contributed by atoms with E-state index in [1.54, 1.807) is 6.07 Å². The summed E-state index contributed by atoms with van der Waals surface area (Å²) in [5.74, 6) is 0.659. The normalized spacial score (nSPS) is 14.8. The molecule has 3 rings (SSSR count). The minimum absolute atomic E-state index is 0.234. The number of benzene rings is 2. The molecular weight excluding hydrogens is 343 g/mol. The molecule has 0 bridgehead atoms. The highest BCUT2D eigenvalue weighted by molar-refractivity contribution is 9.10. The van der Waals surface area contributed by atoms with Gasteiger partial charge in [0.15, 0.2) is 0 Å². The Morgan fingerprint density at radius 3 is 2.95 bits per heavy atom. The van der Waals surface area contributed by atoms with Crippen molar-refractivity contribution in [3.8, 4) is 5.75 Å². The summed E-state index contributed by atoms with van der Waals surface area (Å²) in [6.07, 6.45) is 1.48. The number of hydrogen-bond donors (Lipinski definition) is 0. The van der Waals surface area contributed by atoms with Crippen molar-refractivity contribution in [1.82, 2.24) is 0 Å². The first-order valence-corrected chi connectivity index (χ1v) is 7.70. The Hall–Kier alpha value is -1.06. The van der Waals surface area contributed by atoms with Gasteiger partial charge in [-0.1, -0.05) is 28.1 Å². The fourth-order valence-electron chi connectivity index (χ4n) is 2.51. The monoisotopic (exact) mass is 354 g/mol. The van der Waals surface area contributed by atoms with Crippen LogP contribution < -0.4 is 4.74 Å². The molecule has 0 saturated heterocycles. The molecule has 1 unspecified atom stereocenters. The molecule has 104 valence electrons. The van der Waals surface area contributed by atoms with Crippen LogP contribution >= 0.6 is 27.5 Å². The second-order valence-electron chi connectivity index (χ2n) is 4.88. The van der Waals surface area contributed by atoms with Gasteiger partial charge in [0.1, 0.15) is 11.6 Å². The van der Waals surface area contributed by atoms with Crippen LogP contribution in [0.4, 0.5) is 4.39 Å². The van der Waals surface area contributed by atoms with Crippen molar-refractivity contribution in [2.24, 2.45) is 0 Å². The molecule has 1 heterocycles. The first-order valence-electron chi connectivity index (χ1n) is 6.47. The lowest BCUT2D eigenvalue weighted by atomic mass is 10.0. The highest BCUT2D eigenvalue weighted by Crippen LogP contribution is 2.40. The lowest BCUT2D eigenvalue weighted by Gasteiger charge is -2.14. The van der Waals surface area contributed by atoms with Crippen molar-refractivity contribution in [2.75, 3.05) is 6.61 Å². The van der Waals surface area contributed by atoms with E-state index in [-0.39, 0.29) is 11.2 Å². The predicted octanol–water partition coefficient (Wildman–Crippen LogP) is 5.05. The average Bonchev–Trinajstić information content (AvgIpc) is 2.85. The maximum atomic E-state index is 13.2. The van der Waals surface area contributed by atoms with Crippen LogP contribution in [-0.2, 0) is 12.8 Å². The summed E-state index contributed by atoms with van der Waals surface area (Å²) in [5.41, 5.74) is 3.04. The number of halogens is 3. The zero-order valence-corrected chi connectivity index (χ0v) is 13.0. The lowest BCUT2D eigenvalue weighted by molar-refractivity contribution is 0.353. The fourth-order valence-corrected chi connectivity index (χ4v) is 3.37. The van der Waals surface area contributed by atoms with Crippen LogP contribution in [0, 0.1) is 5.82 Å². The Morgan fingerprint density at radius 2 is 2.15 bits per heavy atom. The molecule has 1 nitrogen and oxygen atoms in total. The average molecular weight is 356 g/mol. The second kappa shape index (κ2) is 5.74. The van der Waals surface area contributed by atoms with Gasteiger partial charge in [-0.3, -0.25) is 0 Å². The Bertz CT molecular complexity index is 644. The molecule has 2 aromatic rings. The molecule has 1 aliphatic heterocycles. The van der Waals surface area contributed by atoms with Gasteiger partial charge >= 0.3 is 0 Å². The molecule has 0 amide bonds. The van der Waals surface area contributed by atoms with Crippen LogP contribution in [0.5, 0.6) is 5.75 Å². The van der Waals surface area contributed by atoms with E-state index in [1.165, 1.54) is 17.7 Å². The third kappa shape index (κ3) is 2.84. The first-order chi connectivity index (χ1) is 9.63. The van der Waals surface area contributed by atoms with Gasteiger partial charge in [-0.15, -0.1) is 11.6 Å². The zero-order valence-electron chi connectivity index (χ0n) is 10.7. The van der Waals surface area contributed by atoms with Gasteiger partial charge < -0.3 is 4.74 Å². The van der Waals surface area contributed by atoms with Gasteiger partial charge in [0.25, 0.3) is 0 Å². The molecular formula is C16H13BrClFO. The lowest BCUT2D eigenvalue weighted by Crippen LogP contribution is -1.99. The van der Waals surface area contributed by atoms with Crippen molar-refractivity contribution in [2.45, 2.75) is 18.2 Å². The molecule has 0 spiro atoms. The van der Waals surface area contributed by atoms with Crippen LogP contribution in [0.25, 0.3) is 0 Å². The zero-order chi connectivity index (χ0) is 14.1. The molecule has 20 heavy (non-hydrogen) atoms. The smallest absolute Gasteiger partial charge is 0.127 e. The van der Waals surface area contributed by atoms with Crippen molar-refractivity contribution in [3.63, 3.8) is 0 Å². The van der Waals surface area contributed by atoms with Crippen LogP contribution in [0.15, 0.2) is 40.9 Å². The SMILES string of the molecule is Fc1cccc(CC(Cl)c2cc(Br)cc3c2OCC3)c1. The summed E-state index contributed by atoms with van der Waals surface area (Å²) in [5, 5.41) is -0.235. The minimum Gasteiger partial charge on any atom is -0.493 e. The minimum atomic E-state index is -0.235. The third-order valence-corrected chi connectivity index (χ3v) is 4.27. The Kier molecular flexibility index (Phi) is 3.99. The van der Waals surface area contributed by atoms with Crippen molar-refractivity contribution < 1.29 is 9.13 Å². The number of rotatable bonds is 3. The van der Waals surface area contributed by atoms with Crippen molar-refractivity contribution >= 4 is 27.5 Å². The topological polar surface area (TPSA) is 9.23 Å². The predicted molar refractivity (Wildman–Crippen MR) is 82.0 cm³/mol. The molecule has 0 N–H and O–H groups in total. The van der Waals surface area contributed by atoms with Gasteiger partial charge in [0.2, 0.25) is 0 Å². The Morgan fingerprint density at radius 1 is 1.30 bits per heavy atom. The highest BCUT2D eigenvalue weighted by Gasteiger charge is 2.22. The van der Waals surface area contributed by atoms with E-state index in [9.17, 15) is 4.39 Å². The summed E-state index contributed by atoms with van der Waals surface area (Å²) in [6, 6.07) is 10.6. The second-order valence-corrected chi connectivity index (χ2v) is 6.33. The number of fused-ring (bicyclic) bond motifs is 1. The molecule has 1 aliphatic rings. The van der Waals surface area contributed by atoms with Gasteiger partial charge in [0.05, 0.1) is 12.0 Å². The number of ether oxygens (including phenoxy) is 1. The third-order valence-electron chi connectivity index (χ3n) is 3.42. The van der Waals surface area contributed by atoms with E-state index in [1.807, 2.05) is 12.1 Å². The summed E-state index contributed by atoms with van der Waals surface area (Å²) < 4.78 is 19.9. The van der Waals surface area contributed by atoms with Gasteiger partial charge in [-0.25, -0.2) is 4.39 Å². The van der Waals surface area contributed by atoms with Crippen LogP contribution in [-0.4, -0.2) is 6.61 Å². The molecule has 0 aliphatic carbocycles. The number of alkyl halides is 1. The molecule has 1 atom stereocenters. The maximum Gasteiger partial charge on any atom is 0.127 e. The van der Waals surface area contributed by atoms with E-state index < -0.39 is 0 Å². The van der Waals surface area contributed by atoms with E-state index in [0.29, 0.717) is 13.0 Å². The molecule has 4 heteroatoms. The fraction of sp³-hybridized carbons (Fsp3) is 0.250. The van der Waals surface area contributed by atoms with E-state index in [4.69, 9.17) is 16.3 Å². The quantitative estimate of drug-likeness (QED) is 0.700. The van der Waals surface area contributed by atoms with Crippen molar-refractivity contribution in [3.05, 3.63) is 63.4 Å².